The third-order valence-corrected chi connectivity index (χ3v) is 20.1. The third-order valence-electron chi connectivity index (χ3n) is 16.0. The summed E-state index contributed by atoms with van der Waals surface area (Å²) in [6.07, 6.45) is 0. The molecule has 0 fully saturated rings. The number of nitrogens with zero attached hydrogens (tertiary/aromatic N) is 2. The molecule has 11 aromatic rings. The van der Waals surface area contributed by atoms with Crippen LogP contribution in [0, 0.1) is 0 Å². The highest BCUT2D eigenvalue weighted by Gasteiger charge is 2.53. The zero-order valence-electron chi connectivity index (χ0n) is 43.6. The number of benzene rings is 11. The second-order valence-corrected chi connectivity index (χ2v) is 32.6. The van der Waals surface area contributed by atoms with Gasteiger partial charge in [0.05, 0.1) is 38.6 Å². The Morgan fingerprint density at radius 1 is 0.280 bits per heavy atom. The van der Waals surface area contributed by atoms with Crippen LogP contribution >= 0.6 is 0 Å². The topological polar surface area (TPSA) is 6.48 Å². The van der Waals surface area contributed by atoms with Crippen molar-refractivity contribution in [3.8, 4) is 44.5 Å². The number of hydrogen-bond acceptors (Lipinski definition) is 2. The van der Waals surface area contributed by atoms with Gasteiger partial charge in [-0.1, -0.05) is 250 Å². The van der Waals surface area contributed by atoms with Gasteiger partial charge >= 0.3 is 0 Å². The normalized spacial score (nSPS) is 13.0. The molecule has 0 amide bonds. The highest BCUT2D eigenvalue weighted by Crippen LogP contribution is 2.65. The fraction of sp³-hybridized carbons (Fsp3) is 0.0986. The lowest BCUT2D eigenvalue weighted by atomic mass is 9.70. The summed E-state index contributed by atoms with van der Waals surface area (Å²) in [6, 6.07) is 96.2. The maximum atomic E-state index is 2.59. The first-order valence-electron chi connectivity index (χ1n) is 26.5. The maximum Gasteiger partial charge on any atom is 0.0775 e. The van der Waals surface area contributed by atoms with E-state index in [4.69, 9.17) is 0 Å². The fourth-order valence-electron chi connectivity index (χ4n) is 12.4. The standard InChI is InChI=1S/C71H60N2Si2/c1-74(2,3)54-42-37-51(38-43-54)72(67-35-21-17-27-56(67)49-23-9-7-10-24-49)53-41-46-62-65(47-53)71(63-33-19-15-29-58(63)59-30-16-20-34-64(59)71)66-48-69(60-31-13-14-32-61(60)70(62)66)73(52-39-44-55(45-40-52)75(4,5)6)68-36-22-18-28-57(68)50-25-11-8-12-26-50/h7-48H,1-6H3. The van der Waals surface area contributed by atoms with Crippen LogP contribution in [0.25, 0.3) is 55.3 Å². The van der Waals surface area contributed by atoms with Gasteiger partial charge in [0.1, 0.15) is 0 Å². The van der Waals surface area contributed by atoms with Gasteiger partial charge in [-0.15, -0.1) is 0 Å². The van der Waals surface area contributed by atoms with E-state index in [2.05, 4.69) is 304 Å². The van der Waals surface area contributed by atoms with E-state index in [-0.39, 0.29) is 0 Å². The molecule has 2 aliphatic rings. The summed E-state index contributed by atoms with van der Waals surface area (Å²) in [5, 5.41) is 5.34. The van der Waals surface area contributed by atoms with Crippen molar-refractivity contribution in [1.82, 2.24) is 0 Å². The maximum absolute atomic E-state index is 2.59. The van der Waals surface area contributed by atoms with Gasteiger partial charge in [-0.2, -0.15) is 0 Å². The van der Waals surface area contributed by atoms with Crippen LogP contribution in [0.1, 0.15) is 22.3 Å². The molecule has 0 aliphatic heterocycles. The second kappa shape index (κ2) is 18.0. The van der Waals surface area contributed by atoms with E-state index in [9.17, 15) is 0 Å². The molecule has 0 saturated carbocycles. The predicted molar refractivity (Wildman–Crippen MR) is 326 cm³/mol. The quantitative estimate of drug-likeness (QED) is 0.126. The first kappa shape index (κ1) is 46.5. The van der Waals surface area contributed by atoms with Crippen LogP contribution in [-0.4, -0.2) is 16.1 Å². The molecule has 4 heteroatoms. The van der Waals surface area contributed by atoms with Gasteiger partial charge in [0, 0.05) is 33.6 Å². The zero-order chi connectivity index (χ0) is 51.1. The van der Waals surface area contributed by atoms with Gasteiger partial charge in [-0.25, -0.2) is 0 Å². The second-order valence-electron chi connectivity index (χ2n) is 22.5. The Morgan fingerprint density at radius 2 is 0.693 bits per heavy atom. The Hall–Kier alpha value is -8.29. The molecule has 2 aliphatic carbocycles. The molecule has 0 saturated heterocycles. The number of rotatable bonds is 10. The van der Waals surface area contributed by atoms with Crippen molar-refractivity contribution >= 4 is 71.4 Å². The van der Waals surface area contributed by atoms with Crippen LogP contribution in [0.5, 0.6) is 0 Å². The molecule has 362 valence electrons. The molecule has 0 radical (unpaired) electrons. The minimum absolute atomic E-state index is 0.648. The lowest BCUT2D eigenvalue weighted by Crippen LogP contribution is -2.37. The molecule has 0 N–H and O–H groups in total. The number of fused-ring (bicyclic) bond motifs is 12. The van der Waals surface area contributed by atoms with Gasteiger partial charge in [0.15, 0.2) is 0 Å². The average molecular weight is 997 g/mol. The predicted octanol–water partition coefficient (Wildman–Crippen LogP) is 18.5. The molecular formula is C71H60N2Si2. The van der Waals surface area contributed by atoms with Crippen molar-refractivity contribution in [2.45, 2.75) is 44.7 Å². The van der Waals surface area contributed by atoms with Crippen LogP contribution in [0.2, 0.25) is 39.3 Å². The molecule has 75 heavy (non-hydrogen) atoms. The summed E-state index contributed by atoms with van der Waals surface area (Å²) >= 11 is 0. The third kappa shape index (κ3) is 7.57. The highest BCUT2D eigenvalue weighted by molar-refractivity contribution is 6.89. The lowest BCUT2D eigenvalue weighted by molar-refractivity contribution is 0.794. The van der Waals surface area contributed by atoms with Crippen molar-refractivity contribution in [1.29, 1.82) is 0 Å². The molecule has 13 rings (SSSR count). The summed E-state index contributed by atoms with van der Waals surface area (Å²) in [4.78, 5) is 5.07. The van der Waals surface area contributed by atoms with E-state index in [1.807, 2.05) is 0 Å². The van der Waals surface area contributed by atoms with Gasteiger partial charge in [0.25, 0.3) is 0 Å². The molecule has 11 aromatic carbocycles. The SMILES string of the molecule is C[Si](C)(C)c1ccc(N(c2ccc3c(c2)C2(c4ccccc4-c4ccccc42)c2cc(N(c4ccc([Si](C)(C)C)cc4)c4ccccc4-c4ccccc4)c4ccccc4c2-3)c2ccccc2-c2ccccc2)cc1. The van der Waals surface area contributed by atoms with Crippen molar-refractivity contribution in [2.24, 2.45) is 0 Å². The number of para-hydroxylation sites is 2. The molecular weight excluding hydrogens is 937 g/mol. The van der Waals surface area contributed by atoms with Crippen molar-refractivity contribution in [2.75, 3.05) is 9.80 Å². The summed E-state index contributed by atoms with van der Waals surface area (Å²) < 4.78 is 0. The van der Waals surface area contributed by atoms with Crippen LogP contribution in [0.3, 0.4) is 0 Å². The van der Waals surface area contributed by atoms with Gasteiger partial charge in [-0.05, 0) is 116 Å². The van der Waals surface area contributed by atoms with Crippen molar-refractivity contribution in [3.05, 3.63) is 277 Å². The molecule has 0 unspecified atom stereocenters. The molecule has 0 bridgehead atoms. The van der Waals surface area contributed by atoms with Gasteiger partial charge in [0.2, 0.25) is 0 Å². The minimum atomic E-state index is -1.60. The Morgan fingerprint density at radius 3 is 1.21 bits per heavy atom. The van der Waals surface area contributed by atoms with E-state index < -0.39 is 21.6 Å². The van der Waals surface area contributed by atoms with E-state index >= 15 is 0 Å². The Kier molecular flexibility index (Phi) is 11.1. The summed E-state index contributed by atoms with van der Waals surface area (Å²) in [7, 11) is -3.19. The highest BCUT2D eigenvalue weighted by atomic mass is 28.3. The largest absolute Gasteiger partial charge is 0.310 e. The lowest BCUT2D eigenvalue weighted by Gasteiger charge is -2.34. The molecule has 0 aromatic heterocycles. The number of hydrogen-bond donors (Lipinski definition) is 0. The van der Waals surface area contributed by atoms with Crippen LogP contribution in [0.4, 0.5) is 34.1 Å². The Bertz CT molecular complexity index is 3920. The molecule has 0 atom stereocenters. The Labute approximate surface area is 444 Å². The van der Waals surface area contributed by atoms with Crippen LogP contribution < -0.4 is 20.2 Å². The number of anilines is 6. The molecule has 2 nitrogen and oxygen atoms in total. The van der Waals surface area contributed by atoms with Crippen molar-refractivity contribution < 1.29 is 0 Å². The van der Waals surface area contributed by atoms with E-state index in [1.165, 1.54) is 87.9 Å². The monoisotopic (exact) mass is 996 g/mol. The van der Waals surface area contributed by atoms with E-state index in [0.29, 0.717) is 0 Å². The van der Waals surface area contributed by atoms with Crippen molar-refractivity contribution in [3.63, 3.8) is 0 Å². The average Bonchev–Trinajstić information content (AvgIpc) is 4.07. The molecule has 0 heterocycles. The van der Waals surface area contributed by atoms with E-state index in [0.717, 1.165) is 34.1 Å². The van der Waals surface area contributed by atoms with Gasteiger partial charge < -0.3 is 9.80 Å². The minimum Gasteiger partial charge on any atom is -0.310 e. The smallest absolute Gasteiger partial charge is 0.0775 e. The first-order chi connectivity index (χ1) is 36.5. The zero-order valence-corrected chi connectivity index (χ0v) is 45.6. The first-order valence-corrected chi connectivity index (χ1v) is 33.5. The molecule has 1 spiro atoms. The summed E-state index contributed by atoms with van der Waals surface area (Å²) in [6.45, 7) is 14.6. The van der Waals surface area contributed by atoms with Gasteiger partial charge in [-0.3, -0.25) is 0 Å². The van der Waals surface area contributed by atoms with Crippen LogP contribution in [0.15, 0.2) is 255 Å². The van der Waals surface area contributed by atoms with E-state index in [1.54, 1.807) is 0 Å². The summed E-state index contributed by atoms with van der Waals surface area (Å²) in [5.41, 5.74) is 21.3. The Balaban J connectivity index is 1.12. The summed E-state index contributed by atoms with van der Waals surface area (Å²) in [5.74, 6) is 0. The van der Waals surface area contributed by atoms with Crippen LogP contribution in [-0.2, 0) is 5.41 Å². The fourth-order valence-corrected chi connectivity index (χ4v) is 14.7.